The average molecular weight is 269 g/mol. The maximum absolute atomic E-state index is 13.2. The van der Waals surface area contributed by atoms with E-state index in [1.807, 2.05) is 0 Å². The first-order valence-electron chi connectivity index (χ1n) is 6.13. The van der Waals surface area contributed by atoms with Crippen LogP contribution in [-0.2, 0) is 16.0 Å². The molecule has 0 amide bonds. The molecular formula is C14H20FNO3. The van der Waals surface area contributed by atoms with Crippen LogP contribution in [0.25, 0.3) is 0 Å². The number of hydrogen-bond acceptors (Lipinski definition) is 4. The molecular weight excluding hydrogens is 249 g/mol. The fourth-order valence-electron chi connectivity index (χ4n) is 1.61. The van der Waals surface area contributed by atoms with E-state index in [4.69, 9.17) is 15.6 Å². The predicted octanol–water partition coefficient (Wildman–Crippen LogP) is 1.99. The van der Waals surface area contributed by atoms with E-state index in [0.29, 0.717) is 5.56 Å². The average Bonchev–Trinajstić information content (AvgIpc) is 2.28. The Kier molecular flexibility index (Phi) is 4.89. The normalized spacial score (nSPS) is 13.1. The Hall–Kier alpha value is -1.62. The number of halogens is 1. The van der Waals surface area contributed by atoms with Gasteiger partial charge >= 0.3 is 5.97 Å². The first-order valence-corrected chi connectivity index (χ1v) is 6.13. The molecule has 0 heterocycles. The SMILES string of the molecule is CC(C)(C)OC(=O)C(CN)Cc1ccc(O)c(F)c1. The Morgan fingerprint density at radius 2 is 2.11 bits per heavy atom. The standard InChI is InChI=1S/C14H20FNO3/c1-14(2,3)19-13(18)10(8-16)6-9-4-5-12(17)11(15)7-9/h4-5,7,10,17H,6,8,16H2,1-3H3. The number of phenols is 1. The zero-order chi connectivity index (χ0) is 14.6. The van der Waals surface area contributed by atoms with Crippen molar-refractivity contribution in [2.75, 3.05) is 6.54 Å². The predicted molar refractivity (Wildman–Crippen MR) is 70.2 cm³/mol. The molecule has 1 atom stereocenters. The van der Waals surface area contributed by atoms with Crippen molar-refractivity contribution in [2.24, 2.45) is 11.7 Å². The van der Waals surface area contributed by atoms with Crippen molar-refractivity contribution in [1.29, 1.82) is 0 Å². The van der Waals surface area contributed by atoms with Gasteiger partial charge in [0.15, 0.2) is 11.6 Å². The molecule has 0 spiro atoms. The zero-order valence-electron chi connectivity index (χ0n) is 11.4. The number of rotatable bonds is 4. The van der Waals surface area contributed by atoms with E-state index in [0.717, 1.165) is 0 Å². The maximum Gasteiger partial charge on any atom is 0.311 e. The van der Waals surface area contributed by atoms with Crippen molar-refractivity contribution < 1.29 is 19.0 Å². The molecule has 0 aliphatic heterocycles. The molecule has 0 saturated carbocycles. The van der Waals surface area contributed by atoms with Gasteiger partial charge in [-0.3, -0.25) is 4.79 Å². The number of carbonyl (C=O) groups excluding carboxylic acids is 1. The Morgan fingerprint density at radius 1 is 1.47 bits per heavy atom. The van der Waals surface area contributed by atoms with E-state index in [1.54, 1.807) is 26.8 Å². The Morgan fingerprint density at radius 3 is 2.58 bits per heavy atom. The molecule has 5 heteroatoms. The lowest BCUT2D eigenvalue weighted by molar-refractivity contribution is -0.159. The van der Waals surface area contributed by atoms with Crippen molar-refractivity contribution in [2.45, 2.75) is 32.8 Å². The van der Waals surface area contributed by atoms with Gasteiger partial charge in [0.05, 0.1) is 5.92 Å². The lowest BCUT2D eigenvalue weighted by Gasteiger charge is -2.23. The molecule has 1 aromatic rings. The highest BCUT2D eigenvalue weighted by Crippen LogP contribution is 2.20. The number of nitrogens with two attached hydrogens (primary N) is 1. The second-order valence-corrected chi connectivity index (χ2v) is 5.46. The van der Waals surface area contributed by atoms with E-state index in [1.165, 1.54) is 12.1 Å². The van der Waals surface area contributed by atoms with Crippen LogP contribution in [0.15, 0.2) is 18.2 Å². The van der Waals surface area contributed by atoms with Gasteiger partial charge < -0.3 is 15.6 Å². The number of ether oxygens (including phenoxy) is 1. The first kappa shape index (κ1) is 15.4. The summed E-state index contributed by atoms with van der Waals surface area (Å²) >= 11 is 0. The van der Waals surface area contributed by atoms with Gasteiger partial charge in [0, 0.05) is 6.54 Å². The molecule has 3 N–H and O–H groups in total. The third kappa shape index (κ3) is 4.87. The number of carbonyl (C=O) groups is 1. The van der Waals surface area contributed by atoms with Gasteiger partial charge in [0.2, 0.25) is 0 Å². The Labute approximate surface area is 112 Å². The summed E-state index contributed by atoms with van der Waals surface area (Å²) in [7, 11) is 0. The fraction of sp³-hybridized carbons (Fsp3) is 0.500. The lowest BCUT2D eigenvalue weighted by atomic mass is 9.99. The van der Waals surface area contributed by atoms with E-state index in [-0.39, 0.29) is 13.0 Å². The molecule has 1 unspecified atom stereocenters. The molecule has 106 valence electrons. The fourth-order valence-corrected chi connectivity index (χ4v) is 1.61. The minimum absolute atomic E-state index is 0.122. The van der Waals surface area contributed by atoms with Gasteiger partial charge in [0.25, 0.3) is 0 Å². The number of phenolic OH excluding ortho intramolecular Hbond substituents is 1. The highest BCUT2D eigenvalue weighted by atomic mass is 19.1. The zero-order valence-corrected chi connectivity index (χ0v) is 11.4. The van der Waals surface area contributed by atoms with Crippen molar-refractivity contribution in [3.8, 4) is 5.75 Å². The van der Waals surface area contributed by atoms with Crippen LogP contribution in [0.3, 0.4) is 0 Å². The summed E-state index contributed by atoms with van der Waals surface area (Å²) in [5, 5.41) is 9.11. The van der Waals surface area contributed by atoms with Gasteiger partial charge in [-0.1, -0.05) is 6.07 Å². The topological polar surface area (TPSA) is 72.5 Å². The molecule has 0 bridgehead atoms. The number of aromatic hydroxyl groups is 1. The molecule has 0 aliphatic carbocycles. The molecule has 4 nitrogen and oxygen atoms in total. The minimum Gasteiger partial charge on any atom is -0.505 e. The molecule has 1 aromatic carbocycles. The summed E-state index contributed by atoms with van der Waals surface area (Å²) in [4.78, 5) is 11.9. The van der Waals surface area contributed by atoms with E-state index < -0.39 is 29.1 Å². The van der Waals surface area contributed by atoms with Crippen LogP contribution in [0.1, 0.15) is 26.3 Å². The second-order valence-electron chi connectivity index (χ2n) is 5.46. The van der Waals surface area contributed by atoms with E-state index >= 15 is 0 Å². The van der Waals surface area contributed by atoms with E-state index in [9.17, 15) is 9.18 Å². The third-order valence-electron chi connectivity index (χ3n) is 2.52. The summed E-state index contributed by atoms with van der Waals surface area (Å²) in [6, 6.07) is 4.02. The van der Waals surface area contributed by atoms with Crippen LogP contribution in [0.4, 0.5) is 4.39 Å². The van der Waals surface area contributed by atoms with Gasteiger partial charge in [-0.25, -0.2) is 4.39 Å². The highest BCUT2D eigenvalue weighted by Gasteiger charge is 2.24. The summed E-state index contributed by atoms with van der Waals surface area (Å²) in [5.74, 6) is -2.05. The molecule has 0 aromatic heterocycles. The van der Waals surface area contributed by atoms with Crippen LogP contribution in [0.5, 0.6) is 5.75 Å². The highest BCUT2D eigenvalue weighted by molar-refractivity contribution is 5.73. The summed E-state index contributed by atoms with van der Waals surface area (Å²) < 4.78 is 18.5. The van der Waals surface area contributed by atoms with Crippen LogP contribution < -0.4 is 5.73 Å². The van der Waals surface area contributed by atoms with Gasteiger partial charge in [-0.05, 0) is 44.9 Å². The second kappa shape index (κ2) is 6.02. The Bertz CT molecular complexity index is 454. The smallest absolute Gasteiger partial charge is 0.311 e. The lowest BCUT2D eigenvalue weighted by Crippen LogP contribution is -2.33. The largest absolute Gasteiger partial charge is 0.505 e. The molecule has 0 aliphatic rings. The first-order chi connectivity index (χ1) is 8.73. The maximum atomic E-state index is 13.2. The van der Waals surface area contributed by atoms with Crippen molar-refractivity contribution in [3.05, 3.63) is 29.6 Å². The molecule has 0 radical (unpaired) electrons. The number of benzene rings is 1. The number of hydrogen-bond donors (Lipinski definition) is 2. The summed E-state index contributed by atoms with van der Waals surface area (Å²) in [5.41, 5.74) is 5.58. The Balaban J connectivity index is 2.76. The van der Waals surface area contributed by atoms with Crippen molar-refractivity contribution >= 4 is 5.97 Å². The van der Waals surface area contributed by atoms with Gasteiger partial charge in [0.1, 0.15) is 5.60 Å². The third-order valence-corrected chi connectivity index (χ3v) is 2.52. The van der Waals surface area contributed by atoms with Crippen LogP contribution in [0.2, 0.25) is 0 Å². The summed E-state index contributed by atoms with van der Waals surface area (Å²) in [6.45, 7) is 5.45. The number of esters is 1. The monoisotopic (exact) mass is 269 g/mol. The van der Waals surface area contributed by atoms with Crippen molar-refractivity contribution in [3.63, 3.8) is 0 Å². The van der Waals surface area contributed by atoms with E-state index in [2.05, 4.69) is 0 Å². The van der Waals surface area contributed by atoms with Gasteiger partial charge in [-0.15, -0.1) is 0 Å². The van der Waals surface area contributed by atoms with Crippen LogP contribution >= 0.6 is 0 Å². The molecule has 1 rings (SSSR count). The van der Waals surface area contributed by atoms with Crippen molar-refractivity contribution in [1.82, 2.24) is 0 Å². The molecule has 0 fully saturated rings. The molecule has 0 saturated heterocycles. The van der Waals surface area contributed by atoms with Gasteiger partial charge in [-0.2, -0.15) is 0 Å². The quantitative estimate of drug-likeness (QED) is 0.820. The summed E-state index contributed by atoms with van der Waals surface area (Å²) in [6.07, 6.45) is 0.280. The van der Waals surface area contributed by atoms with Crippen LogP contribution in [-0.4, -0.2) is 23.2 Å². The molecule has 19 heavy (non-hydrogen) atoms. The van der Waals surface area contributed by atoms with Crippen LogP contribution in [0, 0.1) is 11.7 Å². The minimum atomic E-state index is -0.711.